The van der Waals surface area contributed by atoms with Crippen LogP contribution in [0.15, 0.2) is 47.6 Å². The van der Waals surface area contributed by atoms with Crippen molar-refractivity contribution in [2.45, 2.75) is 11.3 Å². The molecule has 3 aromatic rings. The molecule has 0 unspecified atom stereocenters. The minimum atomic E-state index is -4.61. The van der Waals surface area contributed by atoms with Crippen LogP contribution in [0.5, 0.6) is 0 Å². The van der Waals surface area contributed by atoms with E-state index in [1.54, 1.807) is 29.8 Å². The number of hydrogen-bond acceptors (Lipinski definition) is 4. The van der Waals surface area contributed by atoms with E-state index in [0.717, 1.165) is 23.9 Å². The van der Waals surface area contributed by atoms with E-state index in [-0.39, 0.29) is 11.4 Å². The van der Waals surface area contributed by atoms with E-state index in [1.807, 2.05) is 6.07 Å². The highest BCUT2D eigenvalue weighted by Gasteiger charge is 2.33. The lowest BCUT2D eigenvalue weighted by atomic mass is 10.2. The Morgan fingerprint density at radius 1 is 1.14 bits per heavy atom. The molecule has 1 heterocycles. The molecule has 2 aromatic carbocycles. The van der Waals surface area contributed by atoms with Crippen LogP contribution in [-0.2, 0) is 18.0 Å². The van der Waals surface area contributed by atoms with Crippen molar-refractivity contribution in [1.82, 2.24) is 14.8 Å². The van der Waals surface area contributed by atoms with Gasteiger partial charge in [-0.1, -0.05) is 47.1 Å². The van der Waals surface area contributed by atoms with Crippen LogP contribution in [-0.4, -0.2) is 26.4 Å². The van der Waals surface area contributed by atoms with Crippen molar-refractivity contribution in [3.63, 3.8) is 0 Å². The molecule has 0 aliphatic heterocycles. The van der Waals surface area contributed by atoms with Crippen LogP contribution in [0.2, 0.25) is 10.0 Å². The van der Waals surface area contributed by atoms with E-state index in [1.165, 1.54) is 6.07 Å². The molecule has 0 aliphatic carbocycles. The molecule has 0 bridgehead atoms. The minimum absolute atomic E-state index is 0.00190. The van der Waals surface area contributed by atoms with E-state index in [9.17, 15) is 18.0 Å². The molecular formula is C18H13Cl2F3N4OS. The number of nitrogens with one attached hydrogen (secondary N) is 1. The molecule has 0 saturated carbocycles. The van der Waals surface area contributed by atoms with Gasteiger partial charge in [-0.15, -0.1) is 10.2 Å². The highest BCUT2D eigenvalue weighted by atomic mass is 35.5. The summed E-state index contributed by atoms with van der Waals surface area (Å²) in [4.78, 5) is 12.1. The number of hydrogen-bond donors (Lipinski definition) is 1. The topological polar surface area (TPSA) is 59.8 Å². The minimum Gasteiger partial charge on any atom is -0.325 e. The predicted molar refractivity (Wildman–Crippen MR) is 107 cm³/mol. The second-order valence-electron chi connectivity index (χ2n) is 5.87. The molecule has 152 valence electrons. The van der Waals surface area contributed by atoms with Crippen molar-refractivity contribution in [3.05, 3.63) is 58.1 Å². The third kappa shape index (κ3) is 5.04. The molecule has 11 heteroatoms. The first kappa shape index (κ1) is 21.5. The quantitative estimate of drug-likeness (QED) is 0.507. The smallest absolute Gasteiger partial charge is 0.325 e. The zero-order valence-electron chi connectivity index (χ0n) is 14.8. The van der Waals surface area contributed by atoms with E-state index < -0.39 is 22.7 Å². The molecule has 29 heavy (non-hydrogen) atoms. The normalized spacial score (nSPS) is 11.5. The lowest BCUT2D eigenvalue weighted by Crippen LogP contribution is -2.15. The van der Waals surface area contributed by atoms with Gasteiger partial charge in [-0.2, -0.15) is 13.2 Å². The second-order valence-corrected chi connectivity index (χ2v) is 7.63. The van der Waals surface area contributed by atoms with Gasteiger partial charge in [-0.05, 0) is 30.3 Å². The van der Waals surface area contributed by atoms with Gasteiger partial charge in [0.25, 0.3) is 0 Å². The summed E-state index contributed by atoms with van der Waals surface area (Å²) >= 11 is 12.8. The number of carbonyl (C=O) groups is 1. The number of carbonyl (C=O) groups excluding carboxylic acids is 1. The van der Waals surface area contributed by atoms with Crippen LogP contribution in [0.25, 0.3) is 11.4 Å². The molecule has 1 amide bonds. The third-order valence-electron chi connectivity index (χ3n) is 3.84. The Balaban J connectivity index is 1.67. The summed E-state index contributed by atoms with van der Waals surface area (Å²) < 4.78 is 40.4. The van der Waals surface area contributed by atoms with Gasteiger partial charge in [-0.25, -0.2) is 0 Å². The lowest BCUT2D eigenvalue weighted by Gasteiger charge is -2.11. The zero-order chi connectivity index (χ0) is 21.2. The molecule has 1 N–H and O–H groups in total. The van der Waals surface area contributed by atoms with E-state index in [0.29, 0.717) is 21.6 Å². The summed E-state index contributed by atoms with van der Waals surface area (Å²) in [5, 5.41) is 11.1. The lowest BCUT2D eigenvalue weighted by molar-refractivity contribution is -0.137. The predicted octanol–water partition coefficient (Wildman–Crippen LogP) is 5.54. The van der Waals surface area contributed by atoms with Crippen LogP contribution in [0.4, 0.5) is 18.9 Å². The summed E-state index contributed by atoms with van der Waals surface area (Å²) in [5.41, 5.74) is -0.314. The Bertz CT molecular complexity index is 1060. The molecule has 1 aromatic heterocycles. The average Bonchev–Trinajstić information content (AvgIpc) is 3.01. The first-order chi connectivity index (χ1) is 13.7. The number of amides is 1. The first-order valence-corrected chi connectivity index (χ1v) is 9.84. The monoisotopic (exact) mass is 460 g/mol. The van der Waals surface area contributed by atoms with Gasteiger partial charge in [0.1, 0.15) is 0 Å². The summed E-state index contributed by atoms with van der Waals surface area (Å²) in [5.74, 6) is -0.0304. The standard InChI is InChI=1S/C18H13Cl2F3N4OS/c1-27-16(11-4-2-3-5-13(11)19)25-26-17(27)29-9-15(28)24-10-6-7-14(20)12(8-10)18(21,22)23/h2-8H,9H2,1H3,(H,24,28). The van der Waals surface area contributed by atoms with Gasteiger partial charge in [0.15, 0.2) is 11.0 Å². The Hall–Kier alpha value is -2.23. The fourth-order valence-corrected chi connectivity index (χ4v) is 3.62. The summed E-state index contributed by atoms with van der Waals surface area (Å²) in [6.07, 6.45) is -4.61. The Kier molecular flexibility index (Phi) is 6.40. The Morgan fingerprint density at radius 2 is 1.86 bits per heavy atom. The fraction of sp³-hybridized carbons (Fsp3) is 0.167. The van der Waals surface area contributed by atoms with Crippen LogP contribution in [0.3, 0.4) is 0 Å². The maximum absolute atomic E-state index is 12.9. The maximum atomic E-state index is 12.9. The van der Waals surface area contributed by atoms with Gasteiger partial charge in [-0.3, -0.25) is 4.79 Å². The number of anilines is 1. The Morgan fingerprint density at radius 3 is 2.55 bits per heavy atom. The van der Waals surface area contributed by atoms with Gasteiger partial charge in [0, 0.05) is 18.3 Å². The second kappa shape index (κ2) is 8.64. The molecular weight excluding hydrogens is 448 g/mol. The highest BCUT2D eigenvalue weighted by molar-refractivity contribution is 7.99. The number of thioether (sulfide) groups is 1. The van der Waals surface area contributed by atoms with Crippen molar-refractivity contribution < 1.29 is 18.0 Å². The molecule has 0 spiro atoms. The number of alkyl halides is 3. The van der Waals surface area contributed by atoms with Gasteiger partial charge in [0.2, 0.25) is 5.91 Å². The van der Waals surface area contributed by atoms with E-state index in [2.05, 4.69) is 15.5 Å². The molecule has 5 nitrogen and oxygen atoms in total. The van der Waals surface area contributed by atoms with Crippen molar-refractivity contribution >= 4 is 46.6 Å². The Labute approximate surface area is 178 Å². The molecule has 0 atom stereocenters. The number of nitrogens with zero attached hydrogens (tertiary/aromatic N) is 3. The van der Waals surface area contributed by atoms with Crippen molar-refractivity contribution in [2.75, 3.05) is 11.1 Å². The fourth-order valence-electron chi connectivity index (χ4n) is 2.47. The van der Waals surface area contributed by atoms with Crippen LogP contribution in [0.1, 0.15) is 5.56 Å². The van der Waals surface area contributed by atoms with E-state index in [4.69, 9.17) is 23.2 Å². The molecule has 3 rings (SSSR count). The maximum Gasteiger partial charge on any atom is 0.417 e. The zero-order valence-corrected chi connectivity index (χ0v) is 17.1. The van der Waals surface area contributed by atoms with Crippen molar-refractivity contribution in [2.24, 2.45) is 7.05 Å². The highest BCUT2D eigenvalue weighted by Crippen LogP contribution is 2.36. The average molecular weight is 461 g/mol. The summed E-state index contributed by atoms with van der Waals surface area (Å²) in [6.45, 7) is 0. The SMILES string of the molecule is Cn1c(SCC(=O)Nc2ccc(Cl)c(C(F)(F)F)c2)nnc1-c1ccccc1Cl. The number of rotatable bonds is 5. The van der Waals surface area contributed by atoms with Crippen LogP contribution >= 0.6 is 35.0 Å². The van der Waals surface area contributed by atoms with Crippen LogP contribution < -0.4 is 5.32 Å². The van der Waals surface area contributed by atoms with Gasteiger partial charge < -0.3 is 9.88 Å². The number of benzene rings is 2. The van der Waals surface area contributed by atoms with Gasteiger partial charge >= 0.3 is 6.18 Å². The van der Waals surface area contributed by atoms with Crippen LogP contribution in [0, 0.1) is 0 Å². The third-order valence-corrected chi connectivity index (χ3v) is 5.52. The molecule has 0 aliphatic rings. The van der Waals surface area contributed by atoms with Crippen molar-refractivity contribution in [1.29, 1.82) is 0 Å². The molecule has 0 saturated heterocycles. The number of halogens is 5. The van der Waals surface area contributed by atoms with E-state index >= 15 is 0 Å². The number of aromatic nitrogens is 3. The summed E-state index contributed by atoms with van der Waals surface area (Å²) in [7, 11) is 1.73. The molecule has 0 radical (unpaired) electrons. The van der Waals surface area contributed by atoms with Crippen molar-refractivity contribution in [3.8, 4) is 11.4 Å². The molecule has 0 fully saturated rings. The van der Waals surface area contributed by atoms with Gasteiger partial charge in [0.05, 0.1) is 21.4 Å². The largest absolute Gasteiger partial charge is 0.417 e. The summed E-state index contributed by atoms with van der Waals surface area (Å²) in [6, 6.07) is 10.3. The first-order valence-electron chi connectivity index (χ1n) is 8.10.